The molecule has 4 nitrogen and oxygen atoms in total. The summed E-state index contributed by atoms with van der Waals surface area (Å²) in [6.45, 7) is 10.8. The first-order valence-electron chi connectivity index (χ1n) is 5.66. The van der Waals surface area contributed by atoms with E-state index in [0.717, 1.165) is 37.7 Å². The fourth-order valence-corrected chi connectivity index (χ4v) is 2.02. The van der Waals surface area contributed by atoms with Gasteiger partial charge in [-0.2, -0.15) is 0 Å². The molecule has 0 amide bonds. The molecule has 0 saturated carbocycles. The van der Waals surface area contributed by atoms with Crippen LogP contribution in [0.1, 0.15) is 30.2 Å². The van der Waals surface area contributed by atoms with Crippen molar-refractivity contribution < 1.29 is 0 Å². The SMILES string of the molecule is Cc1nc(C(C)N2CCNCC2)[nH]c1C. The second-order valence-corrected chi connectivity index (χ2v) is 4.29. The van der Waals surface area contributed by atoms with Gasteiger partial charge in [-0.1, -0.05) is 0 Å². The van der Waals surface area contributed by atoms with Gasteiger partial charge in [-0.05, 0) is 20.8 Å². The van der Waals surface area contributed by atoms with Gasteiger partial charge in [0.1, 0.15) is 5.82 Å². The van der Waals surface area contributed by atoms with Gasteiger partial charge >= 0.3 is 0 Å². The predicted molar refractivity (Wildman–Crippen MR) is 60.9 cm³/mol. The number of aryl methyl sites for hydroxylation is 2. The van der Waals surface area contributed by atoms with Crippen molar-refractivity contribution in [1.29, 1.82) is 0 Å². The summed E-state index contributed by atoms with van der Waals surface area (Å²) in [6.07, 6.45) is 0. The molecule has 0 spiro atoms. The Balaban J connectivity index is 2.08. The summed E-state index contributed by atoms with van der Waals surface area (Å²) in [5.74, 6) is 1.10. The number of imidazole rings is 1. The highest BCUT2D eigenvalue weighted by Gasteiger charge is 2.20. The summed E-state index contributed by atoms with van der Waals surface area (Å²) in [6, 6.07) is 0.402. The van der Waals surface area contributed by atoms with E-state index in [1.54, 1.807) is 0 Å². The highest BCUT2D eigenvalue weighted by Crippen LogP contribution is 2.18. The van der Waals surface area contributed by atoms with Crippen LogP contribution >= 0.6 is 0 Å². The molecule has 2 rings (SSSR count). The van der Waals surface area contributed by atoms with Crippen molar-refractivity contribution in [2.24, 2.45) is 0 Å². The van der Waals surface area contributed by atoms with E-state index in [4.69, 9.17) is 0 Å². The average molecular weight is 208 g/mol. The fraction of sp³-hybridized carbons (Fsp3) is 0.727. The van der Waals surface area contributed by atoms with Crippen molar-refractivity contribution in [1.82, 2.24) is 20.2 Å². The van der Waals surface area contributed by atoms with Crippen LogP contribution in [0.25, 0.3) is 0 Å². The number of rotatable bonds is 2. The molecule has 84 valence electrons. The Morgan fingerprint density at radius 1 is 1.27 bits per heavy atom. The summed E-state index contributed by atoms with van der Waals surface area (Å²) in [5, 5.41) is 3.37. The molecular weight excluding hydrogens is 188 g/mol. The van der Waals surface area contributed by atoms with E-state index < -0.39 is 0 Å². The summed E-state index contributed by atoms with van der Waals surface area (Å²) < 4.78 is 0. The van der Waals surface area contributed by atoms with Crippen molar-refractivity contribution >= 4 is 0 Å². The third-order valence-corrected chi connectivity index (χ3v) is 3.24. The van der Waals surface area contributed by atoms with Crippen LogP contribution in [0.2, 0.25) is 0 Å². The number of H-pyrrole nitrogens is 1. The van der Waals surface area contributed by atoms with Crippen LogP contribution < -0.4 is 5.32 Å². The molecular formula is C11H20N4. The van der Waals surface area contributed by atoms with Crippen LogP contribution in [0.3, 0.4) is 0 Å². The Bertz CT molecular complexity index is 306. The lowest BCUT2D eigenvalue weighted by atomic mass is 10.2. The number of aromatic amines is 1. The standard InChI is InChI=1S/C11H20N4/c1-8-9(2)14-11(13-8)10(3)15-6-4-12-5-7-15/h10,12H,4-7H2,1-3H3,(H,13,14). The number of aromatic nitrogens is 2. The Morgan fingerprint density at radius 2 is 1.93 bits per heavy atom. The Morgan fingerprint density at radius 3 is 2.47 bits per heavy atom. The Labute approximate surface area is 91.1 Å². The second kappa shape index (κ2) is 4.33. The Hall–Kier alpha value is -0.870. The molecule has 0 radical (unpaired) electrons. The normalized spacial score (nSPS) is 20.5. The predicted octanol–water partition coefficient (Wildman–Crippen LogP) is 0.993. The number of nitrogens with zero attached hydrogens (tertiary/aromatic N) is 2. The first-order valence-corrected chi connectivity index (χ1v) is 5.66. The molecule has 2 heterocycles. The zero-order valence-electron chi connectivity index (χ0n) is 9.80. The van der Waals surface area contributed by atoms with Crippen LogP contribution in [0.5, 0.6) is 0 Å². The largest absolute Gasteiger partial charge is 0.345 e. The van der Waals surface area contributed by atoms with Gasteiger partial charge in [-0.3, -0.25) is 4.90 Å². The van der Waals surface area contributed by atoms with Gasteiger partial charge in [0.15, 0.2) is 0 Å². The zero-order valence-corrected chi connectivity index (χ0v) is 9.80. The van der Waals surface area contributed by atoms with Gasteiger partial charge in [-0.25, -0.2) is 4.98 Å². The van der Waals surface area contributed by atoms with Crippen LogP contribution in [0.4, 0.5) is 0 Å². The molecule has 1 aliphatic rings. The van der Waals surface area contributed by atoms with Crippen molar-refractivity contribution in [2.75, 3.05) is 26.2 Å². The van der Waals surface area contributed by atoms with Gasteiger partial charge in [-0.15, -0.1) is 0 Å². The minimum Gasteiger partial charge on any atom is -0.345 e. The molecule has 2 N–H and O–H groups in total. The molecule has 0 aromatic carbocycles. The number of hydrogen-bond donors (Lipinski definition) is 2. The number of hydrogen-bond acceptors (Lipinski definition) is 3. The maximum atomic E-state index is 4.57. The Kier molecular flexibility index (Phi) is 3.07. The highest BCUT2D eigenvalue weighted by molar-refractivity contribution is 5.12. The molecule has 0 aliphatic carbocycles. The van der Waals surface area contributed by atoms with Crippen LogP contribution in [-0.2, 0) is 0 Å². The first-order chi connectivity index (χ1) is 7.18. The molecule has 1 saturated heterocycles. The molecule has 1 atom stereocenters. The smallest absolute Gasteiger partial charge is 0.123 e. The first kappa shape index (κ1) is 10.6. The highest BCUT2D eigenvalue weighted by atomic mass is 15.2. The van der Waals surface area contributed by atoms with E-state index in [2.05, 4.69) is 41.0 Å². The average Bonchev–Trinajstić information content (AvgIpc) is 2.59. The van der Waals surface area contributed by atoms with Gasteiger partial charge in [0.25, 0.3) is 0 Å². The fourth-order valence-electron chi connectivity index (χ4n) is 2.02. The molecule has 1 aromatic rings. The summed E-state index contributed by atoms with van der Waals surface area (Å²) >= 11 is 0. The quantitative estimate of drug-likeness (QED) is 0.762. The molecule has 15 heavy (non-hydrogen) atoms. The molecule has 1 fully saturated rings. The molecule has 1 aliphatic heterocycles. The lowest BCUT2D eigenvalue weighted by Gasteiger charge is -2.31. The topological polar surface area (TPSA) is 44.0 Å². The lowest BCUT2D eigenvalue weighted by molar-refractivity contribution is 0.179. The van der Waals surface area contributed by atoms with E-state index in [1.807, 2.05) is 0 Å². The monoisotopic (exact) mass is 208 g/mol. The van der Waals surface area contributed by atoms with E-state index >= 15 is 0 Å². The van der Waals surface area contributed by atoms with Crippen LogP contribution in [-0.4, -0.2) is 41.0 Å². The van der Waals surface area contributed by atoms with Gasteiger partial charge in [0, 0.05) is 31.9 Å². The summed E-state index contributed by atoms with van der Waals surface area (Å²) in [7, 11) is 0. The minimum absolute atomic E-state index is 0.402. The van der Waals surface area contributed by atoms with Crippen molar-refractivity contribution in [3.05, 3.63) is 17.2 Å². The maximum absolute atomic E-state index is 4.57. The number of nitrogens with one attached hydrogen (secondary N) is 2. The van der Waals surface area contributed by atoms with Gasteiger partial charge < -0.3 is 10.3 Å². The van der Waals surface area contributed by atoms with Gasteiger partial charge in [0.2, 0.25) is 0 Å². The zero-order chi connectivity index (χ0) is 10.8. The van der Waals surface area contributed by atoms with Crippen molar-refractivity contribution in [2.45, 2.75) is 26.8 Å². The van der Waals surface area contributed by atoms with E-state index in [1.165, 1.54) is 5.69 Å². The minimum atomic E-state index is 0.402. The molecule has 0 bridgehead atoms. The number of piperazine rings is 1. The maximum Gasteiger partial charge on any atom is 0.123 e. The van der Waals surface area contributed by atoms with Crippen LogP contribution in [0, 0.1) is 13.8 Å². The molecule has 4 heteroatoms. The van der Waals surface area contributed by atoms with Gasteiger partial charge in [0.05, 0.1) is 11.7 Å². The molecule has 1 aromatic heterocycles. The third-order valence-electron chi connectivity index (χ3n) is 3.24. The summed E-state index contributed by atoms with van der Waals surface area (Å²) in [5.41, 5.74) is 2.30. The van der Waals surface area contributed by atoms with Crippen molar-refractivity contribution in [3.63, 3.8) is 0 Å². The van der Waals surface area contributed by atoms with E-state index in [0.29, 0.717) is 6.04 Å². The second-order valence-electron chi connectivity index (χ2n) is 4.29. The van der Waals surface area contributed by atoms with Crippen LogP contribution in [0.15, 0.2) is 0 Å². The molecule has 1 unspecified atom stereocenters. The van der Waals surface area contributed by atoms with E-state index in [-0.39, 0.29) is 0 Å². The third kappa shape index (κ3) is 2.21. The lowest BCUT2D eigenvalue weighted by Crippen LogP contribution is -2.44. The summed E-state index contributed by atoms with van der Waals surface area (Å²) in [4.78, 5) is 10.4. The van der Waals surface area contributed by atoms with E-state index in [9.17, 15) is 0 Å². The van der Waals surface area contributed by atoms with Crippen molar-refractivity contribution in [3.8, 4) is 0 Å².